The molecule has 0 radical (unpaired) electrons. The standard InChI is InChI=1S/C32H32F2N3O7PS2/c33-32(34,45(41,42)43)22-10-11-27-21(16-22)17-28(47-27)29(38)35-24(18-23-8-5-15-46-23)30(39)37-12-4-9-25(37)31(40)36-13-14-44-26(19-36)20-6-2-1-3-7-20/h1-3,5-8,10-11,15-17,24-26H,4,9,12-14,18-19H2,(H,35,38)(H2,41,42,43). The van der Waals surface area contributed by atoms with Crippen LogP contribution in [0.3, 0.4) is 0 Å². The second-order valence-electron chi connectivity index (χ2n) is 11.5. The first-order valence-electron chi connectivity index (χ1n) is 15.0. The molecule has 4 heterocycles. The highest BCUT2D eigenvalue weighted by atomic mass is 32.1. The van der Waals surface area contributed by atoms with Crippen LogP contribution in [0.15, 0.2) is 72.1 Å². The first-order valence-corrected chi connectivity index (χ1v) is 18.3. The maximum atomic E-state index is 14.3. The lowest BCUT2D eigenvalue weighted by molar-refractivity contribution is -0.149. The largest absolute Gasteiger partial charge is 0.399 e. The van der Waals surface area contributed by atoms with Crippen LogP contribution in [0.25, 0.3) is 10.1 Å². The van der Waals surface area contributed by atoms with Gasteiger partial charge in [0.15, 0.2) is 0 Å². The Morgan fingerprint density at radius 1 is 1.06 bits per heavy atom. The zero-order valence-electron chi connectivity index (χ0n) is 25.0. The van der Waals surface area contributed by atoms with Crippen molar-refractivity contribution < 1.29 is 42.3 Å². The molecule has 3 unspecified atom stereocenters. The van der Waals surface area contributed by atoms with E-state index in [2.05, 4.69) is 5.32 Å². The lowest BCUT2D eigenvalue weighted by atomic mass is 10.1. The number of carbonyl (C=O) groups excluding carboxylic acids is 3. The van der Waals surface area contributed by atoms with Crippen LogP contribution in [0.1, 0.15) is 44.6 Å². The molecule has 47 heavy (non-hydrogen) atoms. The van der Waals surface area contributed by atoms with E-state index in [0.717, 1.165) is 33.9 Å². The summed E-state index contributed by atoms with van der Waals surface area (Å²) >= 11 is 2.43. The lowest BCUT2D eigenvalue weighted by Gasteiger charge is -2.37. The molecule has 4 aromatic rings. The molecule has 10 nitrogen and oxygen atoms in total. The van der Waals surface area contributed by atoms with Crippen molar-refractivity contribution in [2.45, 2.75) is 43.1 Å². The van der Waals surface area contributed by atoms with Gasteiger partial charge in [0.05, 0.1) is 18.0 Å². The highest BCUT2D eigenvalue weighted by Crippen LogP contribution is 2.59. The van der Waals surface area contributed by atoms with Crippen molar-refractivity contribution in [1.82, 2.24) is 15.1 Å². The molecule has 2 fully saturated rings. The smallest absolute Gasteiger partial charge is 0.370 e. The van der Waals surface area contributed by atoms with Gasteiger partial charge in [-0.25, -0.2) is 0 Å². The van der Waals surface area contributed by atoms with Crippen molar-refractivity contribution >= 4 is 58.1 Å². The SMILES string of the molecule is O=C(NC(Cc1cccs1)C(=O)N1CCCC1C(=O)N1CCOC(c2ccccc2)C1)c1cc2cc(C(F)(F)P(=O)(O)O)ccc2s1. The average Bonchev–Trinajstić information content (AvgIpc) is 3.85. The summed E-state index contributed by atoms with van der Waals surface area (Å²) in [6, 6.07) is 16.2. The van der Waals surface area contributed by atoms with Crippen LogP contribution in [0.2, 0.25) is 0 Å². The molecule has 0 aliphatic carbocycles. The molecular weight excluding hydrogens is 671 g/mol. The summed E-state index contributed by atoms with van der Waals surface area (Å²) in [6.45, 7) is 1.50. The Bertz CT molecular complexity index is 1820. The Hall–Kier alpha value is -3.52. The van der Waals surface area contributed by atoms with E-state index in [9.17, 15) is 27.7 Å². The Morgan fingerprint density at radius 2 is 1.85 bits per heavy atom. The summed E-state index contributed by atoms with van der Waals surface area (Å²) in [6.07, 6.45) is 1.05. The van der Waals surface area contributed by atoms with Crippen molar-refractivity contribution in [3.05, 3.63) is 93.0 Å². The van der Waals surface area contributed by atoms with Crippen LogP contribution in [0, 0.1) is 0 Å². The molecule has 0 bridgehead atoms. The maximum Gasteiger partial charge on any atom is 0.399 e. The minimum Gasteiger partial charge on any atom is -0.370 e. The van der Waals surface area contributed by atoms with E-state index in [1.807, 2.05) is 47.8 Å². The molecule has 2 aromatic carbocycles. The Morgan fingerprint density at radius 3 is 2.57 bits per heavy atom. The number of nitrogens with one attached hydrogen (secondary N) is 1. The number of carbonyl (C=O) groups is 3. The van der Waals surface area contributed by atoms with Crippen LogP contribution < -0.4 is 5.32 Å². The Kier molecular flexibility index (Phi) is 9.62. The van der Waals surface area contributed by atoms with Gasteiger partial charge in [-0.05, 0) is 53.4 Å². The van der Waals surface area contributed by atoms with Gasteiger partial charge in [0.1, 0.15) is 18.2 Å². The van der Waals surface area contributed by atoms with E-state index in [0.29, 0.717) is 43.8 Å². The van der Waals surface area contributed by atoms with Crippen LogP contribution in [0.5, 0.6) is 0 Å². The summed E-state index contributed by atoms with van der Waals surface area (Å²) in [7, 11) is -5.77. The summed E-state index contributed by atoms with van der Waals surface area (Å²) in [4.78, 5) is 64.0. The molecule has 0 saturated carbocycles. The zero-order valence-corrected chi connectivity index (χ0v) is 27.5. The van der Waals surface area contributed by atoms with Crippen LogP contribution in [-0.2, 0) is 31.0 Å². The first-order chi connectivity index (χ1) is 22.4. The summed E-state index contributed by atoms with van der Waals surface area (Å²) in [5.41, 5.74) is -4.29. The van der Waals surface area contributed by atoms with Gasteiger partial charge in [0.2, 0.25) is 11.8 Å². The van der Waals surface area contributed by atoms with Gasteiger partial charge in [-0.3, -0.25) is 18.9 Å². The third-order valence-electron chi connectivity index (χ3n) is 8.41. The molecule has 6 rings (SSSR count). The van der Waals surface area contributed by atoms with Gasteiger partial charge < -0.3 is 29.6 Å². The van der Waals surface area contributed by atoms with Crippen molar-refractivity contribution in [2.75, 3.05) is 26.2 Å². The van der Waals surface area contributed by atoms with E-state index in [1.165, 1.54) is 23.5 Å². The van der Waals surface area contributed by atoms with E-state index < -0.39 is 36.8 Å². The minimum atomic E-state index is -5.77. The van der Waals surface area contributed by atoms with E-state index in [4.69, 9.17) is 14.5 Å². The Labute approximate surface area is 277 Å². The van der Waals surface area contributed by atoms with E-state index in [1.54, 1.807) is 9.80 Å². The second kappa shape index (κ2) is 13.5. The summed E-state index contributed by atoms with van der Waals surface area (Å²) < 4.78 is 46.4. The predicted octanol–water partition coefficient (Wildman–Crippen LogP) is 5.12. The number of morpholine rings is 1. The fourth-order valence-corrected chi connectivity index (χ4v) is 8.16. The van der Waals surface area contributed by atoms with Gasteiger partial charge in [0.25, 0.3) is 5.91 Å². The van der Waals surface area contributed by atoms with E-state index >= 15 is 0 Å². The third kappa shape index (κ3) is 7.03. The summed E-state index contributed by atoms with van der Waals surface area (Å²) in [5, 5.41) is 4.88. The number of rotatable bonds is 9. The number of thiophene rings is 2. The number of halogens is 2. The van der Waals surface area contributed by atoms with Crippen LogP contribution >= 0.6 is 30.3 Å². The fourth-order valence-electron chi connectivity index (χ4n) is 5.99. The topological polar surface area (TPSA) is 136 Å². The van der Waals surface area contributed by atoms with Gasteiger partial charge >= 0.3 is 13.3 Å². The highest BCUT2D eigenvalue weighted by molar-refractivity contribution is 7.52. The molecule has 248 valence electrons. The van der Waals surface area contributed by atoms with Crippen molar-refractivity contribution in [3.8, 4) is 0 Å². The number of hydrogen-bond donors (Lipinski definition) is 3. The second-order valence-corrected chi connectivity index (χ2v) is 15.3. The monoisotopic (exact) mass is 703 g/mol. The van der Waals surface area contributed by atoms with Gasteiger partial charge in [-0.1, -0.05) is 42.5 Å². The maximum absolute atomic E-state index is 14.3. The number of alkyl halides is 2. The predicted molar refractivity (Wildman–Crippen MR) is 173 cm³/mol. The number of nitrogens with zero attached hydrogens (tertiary/aromatic N) is 2. The molecule has 2 aliphatic rings. The van der Waals surface area contributed by atoms with Crippen molar-refractivity contribution in [3.63, 3.8) is 0 Å². The normalized spacial score (nSPS) is 19.6. The zero-order chi connectivity index (χ0) is 33.3. The number of amides is 3. The molecule has 2 aromatic heterocycles. The van der Waals surface area contributed by atoms with Gasteiger partial charge in [0, 0.05) is 34.7 Å². The number of ether oxygens (including phenoxy) is 1. The molecule has 15 heteroatoms. The lowest BCUT2D eigenvalue weighted by Crippen LogP contribution is -2.56. The van der Waals surface area contributed by atoms with Gasteiger partial charge in [-0.2, -0.15) is 8.78 Å². The van der Waals surface area contributed by atoms with Gasteiger partial charge in [-0.15, -0.1) is 22.7 Å². The molecule has 2 aliphatic heterocycles. The van der Waals surface area contributed by atoms with Crippen LogP contribution in [0.4, 0.5) is 8.78 Å². The molecule has 3 N–H and O–H groups in total. The molecule has 0 spiro atoms. The highest BCUT2D eigenvalue weighted by Gasteiger charge is 2.50. The Balaban J connectivity index is 1.20. The quantitative estimate of drug-likeness (QED) is 0.206. The number of fused-ring (bicyclic) bond motifs is 1. The first kappa shape index (κ1) is 33.4. The van der Waals surface area contributed by atoms with Crippen molar-refractivity contribution in [1.29, 1.82) is 0 Å². The van der Waals surface area contributed by atoms with E-state index in [-0.39, 0.29) is 34.6 Å². The van der Waals surface area contributed by atoms with Crippen molar-refractivity contribution in [2.24, 2.45) is 0 Å². The average molecular weight is 704 g/mol. The van der Waals surface area contributed by atoms with Crippen LogP contribution in [-0.4, -0.2) is 75.6 Å². The third-order valence-corrected chi connectivity index (χ3v) is 11.4. The number of benzene rings is 2. The molecule has 3 amide bonds. The molecular formula is C32H32F2N3O7PS2. The molecule has 2 saturated heterocycles. The number of likely N-dealkylation sites (tertiary alicyclic amines) is 1. The molecule has 3 atom stereocenters. The summed E-state index contributed by atoms with van der Waals surface area (Å²) in [5.74, 6) is -1.15. The fraction of sp³-hybridized carbons (Fsp3) is 0.344. The number of hydrogen-bond acceptors (Lipinski definition) is 7. The minimum absolute atomic E-state index is 0.134.